The maximum absolute atomic E-state index is 13.6. The van der Waals surface area contributed by atoms with Crippen LogP contribution in [0.25, 0.3) is 0 Å². The van der Waals surface area contributed by atoms with E-state index in [-0.39, 0.29) is 30.2 Å². The summed E-state index contributed by atoms with van der Waals surface area (Å²) in [7, 11) is 2.02. The molecule has 1 aromatic rings. The van der Waals surface area contributed by atoms with E-state index in [1.54, 1.807) is 30.8 Å². The Morgan fingerprint density at radius 3 is 2.77 bits per heavy atom. The molecule has 3 rings (SSSR count). The zero-order valence-electron chi connectivity index (χ0n) is 15.3. The second kappa shape index (κ2) is 9.60. The second-order valence-corrected chi connectivity index (χ2v) is 7.98. The number of rotatable bonds is 4. The molecule has 4 nitrogen and oxygen atoms in total. The summed E-state index contributed by atoms with van der Waals surface area (Å²) in [5.74, 6) is 0.491. The van der Waals surface area contributed by atoms with Crippen molar-refractivity contribution in [1.29, 1.82) is 0 Å². The van der Waals surface area contributed by atoms with E-state index in [2.05, 4.69) is 10.2 Å². The first-order chi connectivity index (χ1) is 12.0. The van der Waals surface area contributed by atoms with E-state index in [9.17, 15) is 9.18 Å². The smallest absolute Gasteiger partial charge is 0.226 e. The summed E-state index contributed by atoms with van der Waals surface area (Å²) in [5.41, 5.74) is 1.09. The van der Waals surface area contributed by atoms with Crippen LogP contribution in [0.3, 0.4) is 0 Å². The van der Waals surface area contributed by atoms with Gasteiger partial charge in [0.15, 0.2) is 5.17 Å². The molecule has 0 radical (unpaired) electrons. The number of hydrogen-bond donors (Lipinski definition) is 1. The fraction of sp³-hybridized carbons (Fsp3) is 0.579. The van der Waals surface area contributed by atoms with Gasteiger partial charge in [-0.15, -0.1) is 12.4 Å². The second-order valence-electron chi connectivity index (χ2n) is 7.00. The minimum Gasteiger partial charge on any atom is -0.350 e. The fourth-order valence-corrected chi connectivity index (χ4v) is 4.59. The molecule has 1 atom stereocenters. The Balaban J connectivity index is 0.00000243. The van der Waals surface area contributed by atoms with Gasteiger partial charge >= 0.3 is 0 Å². The number of carbonyl (C=O) groups excluding carboxylic acids is 1. The van der Waals surface area contributed by atoms with Gasteiger partial charge in [-0.25, -0.2) is 4.39 Å². The summed E-state index contributed by atoms with van der Waals surface area (Å²) in [6.45, 7) is 1.71. The van der Waals surface area contributed by atoms with Crippen LogP contribution in [0, 0.1) is 12.7 Å². The number of aryl methyl sites for hydroxylation is 1. The van der Waals surface area contributed by atoms with E-state index in [1.165, 1.54) is 38.2 Å². The van der Waals surface area contributed by atoms with Crippen LogP contribution in [-0.4, -0.2) is 40.9 Å². The molecule has 1 heterocycles. The number of amidine groups is 1. The van der Waals surface area contributed by atoms with Gasteiger partial charge in [0.2, 0.25) is 5.91 Å². The van der Waals surface area contributed by atoms with Crippen LogP contribution in [0.5, 0.6) is 0 Å². The highest BCUT2D eigenvalue weighted by Crippen LogP contribution is 2.28. The number of thioether (sulfide) groups is 1. The van der Waals surface area contributed by atoms with E-state index < -0.39 is 0 Å². The molecule has 1 N–H and O–H groups in total. The molecule has 1 amide bonds. The number of hydrogen-bond acceptors (Lipinski definition) is 3. The molecule has 7 heteroatoms. The van der Waals surface area contributed by atoms with Crippen molar-refractivity contribution in [3.8, 4) is 0 Å². The van der Waals surface area contributed by atoms with Crippen molar-refractivity contribution in [2.45, 2.75) is 57.5 Å². The molecule has 1 unspecified atom stereocenters. The van der Waals surface area contributed by atoms with Crippen LogP contribution < -0.4 is 5.32 Å². The van der Waals surface area contributed by atoms with Gasteiger partial charge in [0.05, 0.1) is 6.04 Å². The van der Waals surface area contributed by atoms with Gasteiger partial charge in [0.1, 0.15) is 5.82 Å². The van der Waals surface area contributed by atoms with E-state index in [4.69, 9.17) is 4.99 Å². The Kier molecular flexibility index (Phi) is 7.77. The third-order valence-electron chi connectivity index (χ3n) is 5.00. The average Bonchev–Trinajstić information content (AvgIpc) is 2.92. The highest BCUT2D eigenvalue weighted by atomic mass is 35.5. The Morgan fingerprint density at radius 2 is 2.08 bits per heavy atom. The maximum atomic E-state index is 13.6. The van der Waals surface area contributed by atoms with Crippen molar-refractivity contribution in [3.63, 3.8) is 0 Å². The summed E-state index contributed by atoms with van der Waals surface area (Å²) in [5, 5.41) is 3.86. The zero-order chi connectivity index (χ0) is 17.8. The lowest BCUT2D eigenvalue weighted by molar-refractivity contribution is -0.116. The molecule has 0 bridgehead atoms. The minimum atomic E-state index is -0.298. The van der Waals surface area contributed by atoms with Gasteiger partial charge in [0, 0.05) is 31.0 Å². The summed E-state index contributed by atoms with van der Waals surface area (Å²) in [6.07, 6.45) is 6.63. The molecule has 0 spiro atoms. The molecule has 1 aliphatic carbocycles. The number of carbonyl (C=O) groups is 1. The van der Waals surface area contributed by atoms with Crippen molar-refractivity contribution in [3.05, 3.63) is 29.6 Å². The number of amides is 1. The van der Waals surface area contributed by atoms with E-state index in [0.29, 0.717) is 23.7 Å². The normalized spacial score (nSPS) is 22.3. The van der Waals surface area contributed by atoms with Crippen LogP contribution in [0.2, 0.25) is 0 Å². The lowest BCUT2D eigenvalue weighted by Gasteiger charge is -2.23. The number of anilines is 1. The Hall–Kier alpha value is -1.27. The lowest BCUT2D eigenvalue weighted by Crippen LogP contribution is -2.34. The number of aliphatic imine (C=N–C) groups is 1. The van der Waals surface area contributed by atoms with Crippen molar-refractivity contribution in [1.82, 2.24) is 4.90 Å². The third-order valence-corrected chi connectivity index (χ3v) is 6.20. The molecule has 2 aliphatic rings. The van der Waals surface area contributed by atoms with E-state index in [1.807, 2.05) is 7.05 Å². The Morgan fingerprint density at radius 1 is 1.35 bits per heavy atom. The molecule has 2 fully saturated rings. The monoisotopic (exact) mass is 399 g/mol. The van der Waals surface area contributed by atoms with Crippen molar-refractivity contribution in [2.24, 2.45) is 4.99 Å². The average molecular weight is 400 g/mol. The highest BCUT2D eigenvalue weighted by molar-refractivity contribution is 8.14. The van der Waals surface area contributed by atoms with E-state index >= 15 is 0 Å². The number of nitrogens with zero attached hydrogens (tertiary/aromatic N) is 2. The first-order valence-electron chi connectivity index (χ1n) is 9.02. The highest BCUT2D eigenvalue weighted by Gasteiger charge is 2.29. The van der Waals surface area contributed by atoms with Crippen LogP contribution >= 0.6 is 24.2 Å². The van der Waals surface area contributed by atoms with E-state index in [0.717, 1.165) is 10.9 Å². The molecule has 1 saturated heterocycles. The van der Waals surface area contributed by atoms with Gasteiger partial charge in [-0.05, 0) is 37.5 Å². The topological polar surface area (TPSA) is 44.7 Å². The minimum absolute atomic E-state index is 0. The number of nitrogens with one attached hydrogen (secondary N) is 1. The van der Waals surface area contributed by atoms with Gasteiger partial charge in [-0.2, -0.15) is 0 Å². The molecular weight excluding hydrogens is 373 g/mol. The standard InChI is InChI=1S/C19H26FN3OS.ClH/c1-13-8-9-15(10-17(13)20)21-18(24)11-16-12-25-19(23(16)2)22-14-6-4-3-5-7-14;/h8-10,14,16H,3-7,11-12H2,1-2H3,(H,21,24);1H/b22-19-;. The summed E-state index contributed by atoms with van der Waals surface area (Å²) >= 11 is 1.74. The number of halogens is 2. The zero-order valence-corrected chi connectivity index (χ0v) is 17.0. The molecular formula is C19H27ClFN3OS. The summed E-state index contributed by atoms with van der Waals surface area (Å²) < 4.78 is 13.6. The molecule has 1 aliphatic heterocycles. The van der Waals surface area contributed by atoms with Crippen LogP contribution in [0.15, 0.2) is 23.2 Å². The van der Waals surface area contributed by atoms with Gasteiger partial charge in [0.25, 0.3) is 0 Å². The maximum Gasteiger partial charge on any atom is 0.226 e. The molecule has 144 valence electrons. The largest absolute Gasteiger partial charge is 0.350 e. The first kappa shape index (κ1) is 21.0. The Labute approximate surface area is 165 Å². The van der Waals surface area contributed by atoms with Crippen molar-refractivity contribution < 1.29 is 9.18 Å². The number of benzene rings is 1. The molecule has 0 aromatic heterocycles. The molecule has 26 heavy (non-hydrogen) atoms. The van der Waals surface area contributed by atoms with Gasteiger partial charge in [-0.1, -0.05) is 37.1 Å². The lowest BCUT2D eigenvalue weighted by atomic mass is 9.96. The molecule has 1 saturated carbocycles. The van der Waals surface area contributed by atoms with Crippen molar-refractivity contribution in [2.75, 3.05) is 18.1 Å². The summed E-state index contributed by atoms with van der Waals surface area (Å²) in [4.78, 5) is 19.3. The predicted molar refractivity (Wildman–Crippen MR) is 110 cm³/mol. The van der Waals surface area contributed by atoms with Crippen LogP contribution in [0.4, 0.5) is 10.1 Å². The van der Waals surface area contributed by atoms with Crippen molar-refractivity contribution >= 4 is 40.9 Å². The third kappa shape index (κ3) is 5.36. The van der Waals surface area contributed by atoms with Gasteiger partial charge in [-0.3, -0.25) is 9.79 Å². The molecule has 1 aromatic carbocycles. The first-order valence-corrected chi connectivity index (χ1v) is 10.0. The quantitative estimate of drug-likeness (QED) is 0.803. The SMILES string of the molecule is Cc1ccc(NC(=O)CC2CS/C(=N\C3CCCCC3)N2C)cc1F.Cl. The fourth-order valence-electron chi connectivity index (χ4n) is 3.33. The van der Waals surface area contributed by atoms with Crippen LogP contribution in [0.1, 0.15) is 44.1 Å². The van der Waals surface area contributed by atoms with Gasteiger partial charge < -0.3 is 10.2 Å². The Bertz CT molecular complexity index is 664. The van der Waals surface area contributed by atoms with Crippen LogP contribution in [-0.2, 0) is 4.79 Å². The summed E-state index contributed by atoms with van der Waals surface area (Å²) in [6, 6.07) is 5.37. The predicted octanol–water partition coefficient (Wildman–Crippen LogP) is 4.62.